The van der Waals surface area contributed by atoms with Crippen LogP contribution in [0.5, 0.6) is 0 Å². The van der Waals surface area contributed by atoms with E-state index in [9.17, 15) is 9.59 Å². The molecule has 18 heavy (non-hydrogen) atoms. The maximum absolute atomic E-state index is 11.8. The van der Waals surface area contributed by atoms with Crippen LogP contribution in [0.1, 0.15) is 26.3 Å². The van der Waals surface area contributed by atoms with Gasteiger partial charge in [0, 0.05) is 5.56 Å². The fraction of sp³-hybridized carbons (Fsp3) is 0.0833. The van der Waals surface area contributed by atoms with Gasteiger partial charge in [-0.3, -0.25) is 9.89 Å². The van der Waals surface area contributed by atoms with Gasteiger partial charge >= 0.3 is 5.97 Å². The van der Waals surface area contributed by atoms with Gasteiger partial charge in [0.2, 0.25) is 0 Å². The molecule has 0 bridgehead atoms. The molecule has 92 valence electrons. The summed E-state index contributed by atoms with van der Waals surface area (Å²) in [6, 6.07) is 6.95. The number of amides is 1. The third-order valence-electron chi connectivity index (χ3n) is 2.42. The van der Waals surface area contributed by atoms with E-state index >= 15 is 0 Å². The van der Waals surface area contributed by atoms with Gasteiger partial charge in [-0.1, -0.05) is 17.7 Å². The summed E-state index contributed by atoms with van der Waals surface area (Å²) in [5.41, 5.74) is 1.42. The lowest BCUT2D eigenvalue weighted by molar-refractivity contribution is 0.0698. The van der Waals surface area contributed by atoms with Crippen molar-refractivity contribution in [2.45, 2.75) is 6.92 Å². The van der Waals surface area contributed by atoms with Gasteiger partial charge in [-0.05, 0) is 19.1 Å². The number of hydrogen-bond donors (Lipinski definition) is 3. The molecule has 0 fully saturated rings. The molecule has 0 unspecified atom stereocenters. The first-order chi connectivity index (χ1) is 8.58. The SMILES string of the molecule is Cc1ccc(C(=O)Nc2[nH]ncc2C(=O)O)cc1. The van der Waals surface area contributed by atoms with Gasteiger partial charge < -0.3 is 10.4 Å². The van der Waals surface area contributed by atoms with Gasteiger partial charge in [0.25, 0.3) is 5.91 Å². The quantitative estimate of drug-likeness (QED) is 0.766. The van der Waals surface area contributed by atoms with Crippen molar-refractivity contribution in [2.24, 2.45) is 0 Å². The molecule has 0 spiro atoms. The molecule has 0 radical (unpaired) electrons. The number of rotatable bonds is 3. The topological polar surface area (TPSA) is 95.1 Å². The van der Waals surface area contributed by atoms with Crippen LogP contribution in [-0.2, 0) is 0 Å². The fourth-order valence-electron chi connectivity index (χ4n) is 1.43. The molecular formula is C12H11N3O3. The number of carbonyl (C=O) groups excluding carboxylic acids is 1. The van der Waals surface area contributed by atoms with Crippen molar-refractivity contribution in [3.8, 4) is 0 Å². The number of aromatic carboxylic acids is 1. The second-order valence-electron chi connectivity index (χ2n) is 3.78. The number of anilines is 1. The summed E-state index contributed by atoms with van der Waals surface area (Å²) >= 11 is 0. The Hall–Kier alpha value is -2.63. The Bertz CT molecular complexity index is 587. The van der Waals surface area contributed by atoms with E-state index in [4.69, 9.17) is 5.11 Å². The van der Waals surface area contributed by atoms with E-state index < -0.39 is 5.97 Å². The van der Waals surface area contributed by atoms with Crippen molar-refractivity contribution in [2.75, 3.05) is 5.32 Å². The zero-order chi connectivity index (χ0) is 13.1. The van der Waals surface area contributed by atoms with Gasteiger partial charge in [-0.25, -0.2) is 4.79 Å². The summed E-state index contributed by atoms with van der Waals surface area (Å²) in [5, 5.41) is 17.4. The average molecular weight is 245 g/mol. The van der Waals surface area contributed by atoms with Crippen LogP contribution in [0.4, 0.5) is 5.82 Å². The summed E-state index contributed by atoms with van der Waals surface area (Å²) in [6.45, 7) is 1.92. The summed E-state index contributed by atoms with van der Waals surface area (Å²) in [4.78, 5) is 22.7. The van der Waals surface area contributed by atoms with E-state index in [-0.39, 0.29) is 17.3 Å². The van der Waals surface area contributed by atoms with Crippen molar-refractivity contribution < 1.29 is 14.7 Å². The third kappa shape index (κ3) is 2.37. The van der Waals surface area contributed by atoms with Crippen molar-refractivity contribution in [3.05, 3.63) is 47.2 Å². The average Bonchev–Trinajstić information content (AvgIpc) is 2.78. The molecule has 6 heteroatoms. The Labute approximate surface area is 103 Å². The summed E-state index contributed by atoms with van der Waals surface area (Å²) in [6.07, 6.45) is 1.15. The van der Waals surface area contributed by atoms with E-state index in [0.29, 0.717) is 5.56 Å². The molecule has 0 atom stereocenters. The van der Waals surface area contributed by atoms with Crippen molar-refractivity contribution in [3.63, 3.8) is 0 Å². The number of carbonyl (C=O) groups is 2. The van der Waals surface area contributed by atoms with Crippen LogP contribution in [-0.4, -0.2) is 27.2 Å². The third-order valence-corrected chi connectivity index (χ3v) is 2.42. The van der Waals surface area contributed by atoms with Crippen LogP contribution in [0.25, 0.3) is 0 Å². The zero-order valence-corrected chi connectivity index (χ0v) is 9.60. The molecule has 0 aliphatic heterocycles. The highest BCUT2D eigenvalue weighted by Crippen LogP contribution is 2.12. The minimum Gasteiger partial charge on any atom is -0.477 e. The number of aryl methyl sites for hydroxylation is 1. The Morgan fingerprint density at radius 1 is 1.28 bits per heavy atom. The molecule has 0 aliphatic rings. The predicted molar refractivity (Wildman–Crippen MR) is 64.7 cm³/mol. The number of nitrogens with zero attached hydrogens (tertiary/aromatic N) is 1. The maximum atomic E-state index is 11.8. The number of H-pyrrole nitrogens is 1. The molecule has 6 nitrogen and oxygen atoms in total. The molecule has 2 rings (SSSR count). The number of carboxylic acids is 1. The predicted octanol–water partition coefficient (Wildman–Crippen LogP) is 1.67. The Morgan fingerprint density at radius 3 is 2.56 bits per heavy atom. The molecule has 1 amide bonds. The van der Waals surface area contributed by atoms with Crippen molar-refractivity contribution in [1.82, 2.24) is 10.2 Å². The van der Waals surface area contributed by atoms with E-state index in [0.717, 1.165) is 11.8 Å². The first kappa shape index (κ1) is 11.8. The lowest BCUT2D eigenvalue weighted by atomic mass is 10.1. The van der Waals surface area contributed by atoms with E-state index in [1.807, 2.05) is 6.92 Å². The van der Waals surface area contributed by atoms with Crippen LogP contribution in [0.2, 0.25) is 0 Å². The Kier molecular flexibility index (Phi) is 3.09. The Balaban J connectivity index is 2.19. The van der Waals surface area contributed by atoms with Crippen LogP contribution in [0, 0.1) is 6.92 Å². The van der Waals surface area contributed by atoms with Crippen LogP contribution in [0.15, 0.2) is 30.5 Å². The molecule has 1 heterocycles. The highest BCUT2D eigenvalue weighted by molar-refractivity contribution is 6.06. The minimum atomic E-state index is -1.15. The smallest absolute Gasteiger partial charge is 0.341 e. The number of benzene rings is 1. The molecule has 0 saturated carbocycles. The van der Waals surface area contributed by atoms with Gasteiger partial charge in [-0.2, -0.15) is 5.10 Å². The standard InChI is InChI=1S/C12H11N3O3/c1-7-2-4-8(5-3-7)11(16)14-10-9(12(17)18)6-13-15-10/h2-6H,1H3,(H,17,18)(H2,13,14,15,16). The van der Waals surface area contributed by atoms with Gasteiger partial charge in [0.1, 0.15) is 11.4 Å². The Morgan fingerprint density at radius 2 is 1.94 bits per heavy atom. The number of aromatic amines is 1. The first-order valence-electron chi connectivity index (χ1n) is 5.22. The fourth-order valence-corrected chi connectivity index (χ4v) is 1.43. The number of hydrogen-bond acceptors (Lipinski definition) is 3. The molecule has 3 N–H and O–H groups in total. The lowest BCUT2D eigenvalue weighted by Gasteiger charge is -2.04. The molecule has 2 aromatic rings. The minimum absolute atomic E-state index is 0.0736. The number of aromatic nitrogens is 2. The normalized spacial score (nSPS) is 10.1. The molecule has 1 aromatic carbocycles. The summed E-state index contributed by atoms with van der Waals surface area (Å²) < 4.78 is 0. The lowest BCUT2D eigenvalue weighted by Crippen LogP contribution is -2.14. The summed E-state index contributed by atoms with van der Waals surface area (Å²) in [5.74, 6) is -1.46. The monoisotopic (exact) mass is 245 g/mol. The molecule has 0 saturated heterocycles. The van der Waals surface area contributed by atoms with Gasteiger partial charge in [-0.15, -0.1) is 0 Å². The maximum Gasteiger partial charge on any atom is 0.341 e. The highest BCUT2D eigenvalue weighted by atomic mass is 16.4. The van der Waals surface area contributed by atoms with E-state index in [1.54, 1.807) is 24.3 Å². The highest BCUT2D eigenvalue weighted by Gasteiger charge is 2.15. The van der Waals surface area contributed by atoms with Gasteiger partial charge in [0.15, 0.2) is 0 Å². The van der Waals surface area contributed by atoms with E-state index in [2.05, 4.69) is 15.5 Å². The molecule has 0 aliphatic carbocycles. The molecular weight excluding hydrogens is 234 g/mol. The largest absolute Gasteiger partial charge is 0.477 e. The van der Waals surface area contributed by atoms with Crippen LogP contribution < -0.4 is 5.32 Å². The zero-order valence-electron chi connectivity index (χ0n) is 9.60. The van der Waals surface area contributed by atoms with Crippen molar-refractivity contribution in [1.29, 1.82) is 0 Å². The van der Waals surface area contributed by atoms with Crippen molar-refractivity contribution >= 4 is 17.7 Å². The van der Waals surface area contributed by atoms with Crippen LogP contribution >= 0.6 is 0 Å². The number of carboxylic acid groups (broad SMARTS) is 1. The number of nitrogens with one attached hydrogen (secondary N) is 2. The molecule has 1 aromatic heterocycles. The summed E-state index contributed by atoms with van der Waals surface area (Å²) in [7, 11) is 0. The first-order valence-corrected chi connectivity index (χ1v) is 5.22. The second kappa shape index (κ2) is 4.70. The second-order valence-corrected chi connectivity index (χ2v) is 3.78. The van der Waals surface area contributed by atoms with E-state index in [1.165, 1.54) is 0 Å². The van der Waals surface area contributed by atoms with Crippen LogP contribution in [0.3, 0.4) is 0 Å². The van der Waals surface area contributed by atoms with Gasteiger partial charge in [0.05, 0.1) is 6.20 Å².